The van der Waals surface area contributed by atoms with Crippen molar-refractivity contribution in [1.29, 1.82) is 0 Å². The third-order valence-corrected chi connectivity index (χ3v) is 7.50. The highest BCUT2D eigenvalue weighted by atomic mass is 79.9. The van der Waals surface area contributed by atoms with Crippen molar-refractivity contribution in [2.24, 2.45) is 0 Å². The van der Waals surface area contributed by atoms with Crippen LogP contribution in [0, 0.1) is 13.8 Å². The van der Waals surface area contributed by atoms with E-state index in [1.165, 1.54) is 11.8 Å². The van der Waals surface area contributed by atoms with E-state index < -0.39 is 0 Å². The van der Waals surface area contributed by atoms with E-state index in [0.29, 0.717) is 27.2 Å². The van der Waals surface area contributed by atoms with Gasteiger partial charge in [-0.15, -0.1) is 0 Å². The lowest BCUT2D eigenvalue weighted by Gasteiger charge is -2.14. The number of halogens is 1. The molecule has 1 fully saturated rings. The molecule has 0 aliphatic carbocycles. The maximum atomic E-state index is 12.9. The number of anilines is 1. The van der Waals surface area contributed by atoms with Crippen LogP contribution in [-0.4, -0.2) is 27.6 Å². The van der Waals surface area contributed by atoms with Gasteiger partial charge in [0, 0.05) is 4.47 Å². The number of rotatable bonds is 7. The Hall–Kier alpha value is -2.94. The average molecular weight is 568 g/mol. The molecule has 8 heteroatoms. The van der Waals surface area contributed by atoms with E-state index >= 15 is 0 Å². The Morgan fingerprint density at radius 2 is 1.77 bits per heavy atom. The minimum Gasteiger partial charge on any atom is -0.484 e. The molecule has 35 heavy (non-hydrogen) atoms. The molecule has 1 aliphatic rings. The van der Waals surface area contributed by atoms with E-state index in [2.05, 4.69) is 21.2 Å². The third kappa shape index (κ3) is 6.39. The Morgan fingerprint density at radius 3 is 2.49 bits per heavy atom. The molecule has 0 radical (unpaired) electrons. The zero-order chi connectivity index (χ0) is 24.9. The Morgan fingerprint density at radius 1 is 1.09 bits per heavy atom. The predicted molar refractivity (Wildman–Crippen MR) is 149 cm³/mol. The first-order valence-corrected chi connectivity index (χ1v) is 12.9. The van der Waals surface area contributed by atoms with Crippen LogP contribution in [0.2, 0.25) is 0 Å². The molecule has 0 unspecified atom stereocenters. The third-order valence-electron chi connectivity index (χ3n) is 5.46. The van der Waals surface area contributed by atoms with Crippen molar-refractivity contribution >= 4 is 67.8 Å². The Kier molecular flexibility index (Phi) is 8.05. The van der Waals surface area contributed by atoms with E-state index in [0.717, 1.165) is 26.7 Å². The second kappa shape index (κ2) is 11.2. The molecule has 0 aromatic heterocycles. The van der Waals surface area contributed by atoms with Gasteiger partial charge in [-0.2, -0.15) is 0 Å². The number of hydrogen-bond donors (Lipinski definition) is 1. The van der Waals surface area contributed by atoms with Crippen LogP contribution in [0.25, 0.3) is 6.08 Å². The van der Waals surface area contributed by atoms with Gasteiger partial charge < -0.3 is 10.1 Å². The lowest BCUT2D eigenvalue weighted by atomic mass is 10.1. The number of carbonyl (C=O) groups is 2. The predicted octanol–water partition coefficient (Wildman–Crippen LogP) is 6.48. The molecule has 2 amide bonds. The topological polar surface area (TPSA) is 58.6 Å². The van der Waals surface area contributed by atoms with Crippen molar-refractivity contribution in [2.75, 3.05) is 11.9 Å². The fourth-order valence-electron chi connectivity index (χ4n) is 3.43. The molecule has 1 aliphatic heterocycles. The molecule has 178 valence electrons. The summed E-state index contributed by atoms with van der Waals surface area (Å²) in [6, 6.07) is 20.9. The van der Waals surface area contributed by atoms with Gasteiger partial charge in [-0.25, -0.2) is 0 Å². The normalized spacial score (nSPS) is 14.5. The fourth-order valence-corrected chi connectivity index (χ4v) is 5.24. The van der Waals surface area contributed by atoms with Crippen LogP contribution in [0.5, 0.6) is 5.75 Å². The van der Waals surface area contributed by atoms with E-state index in [1.807, 2.05) is 74.5 Å². The highest BCUT2D eigenvalue weighted by Gasteiger charge is 2.31. The molecule has 1 saturated heterocycles. The maximum absolute atomic E-state index is 12.9. The van der Waals surface area contributed by atoms with Gasteiger partial charge >= 0.3 is 0 Å². The summed E-state index contributed by atoms with van der Waals surface area (Å²) < 4.78 is 7.01. The second-order valence-corrected chi connectivity index (χ2v) is 10.6. The van der Waals surface area contributed by atoms with Gasteiger partial charge in [0.05, 0.1) is 17.1 Å². The van der Waals surface area contributed by atoms with Crippen LogP contribution in [-0.2, 0) is 16.1 Å². The highest BCUT2D eigenvalue weighted by Crippen LogP contribution is 2.34. The zero-order valence-electron chi connectivity index (χ0n) is 19.2. The maximum Gasteiger partial charge on any atom is 0.266 e. The molecule has 1 N–H and O–H groups in total. The minimum absolute atomic E-state index is 0.0987. The molecule has 0 saturated carbocycles. The summed E-state index contributed by atoms with van der Waals surface area (Å²) in [5.74, 6) is 0.214. The van der Waals surface area contributed by atoms with Crippen LogP contribution in [0.15, 0.2) is 76.1 Å². The molecule has 4 rings (SSSR count). The number of thiocarbonyl (C=S) groups is 1. The number of ether oxygens (including phenoxy) is 1. The Bertz CT molecular complexity index is 1310. The van der Waals surface area contributed by atoms with Crippen molar-refractivity contribution in [3.05, 3.63) is 98.4 Å². The minimum atomic E-state index is -0.250. The van der Waals surface area contributed by atoms with Gasteiger partial charge in [0.2, 0.25) is 0 Å². The molecule has 1 heterocycles. The van der Waals surface area contributed by atoms with Gasteiger partial charge in [-0.3, -0.25) is 14.5 Å². The van der Waals surface area contributed by atoms with Crippen molar-refractivity contribution in [3.8, 4) is 5.75 Å². The van der Waals surface area contributed by atoms with Gasteiger partial charge in [0.25, 0.3) is 11.8 Å². The number of amides is 2. The Labute approximate surface area is 222 Å². The van der Waals surface area contributed by atoms with Crippen molar-refractivity contribution in [1.82, 2.24) is 4.90 Å². The lowest BCUT2D eigenvalue weighted by Crippen LogP contribution is -2.27. The fraction of sp³-hybridized carbons (Fsp3) is 0.148. The van der Waals surface area contributed by atoms with Crippen molar-refractivity contribution in [3.63, 3.8) is 0 Å². The summed E-state index contributed by atoms with van der Waals surface area (Å²) in [4.78, 5) is 27.4. The number of nitrogens with zero attached hydrogens (tertiary/aromatic N) is 1. The number of thioether (sulfide) groups is 1. The lowest BCUT2D eigenvalue weighted by molar-refractivity contribution is -0.122. The first-order chi connectivity index (χ1) is 16.8. The number of benzene rings is 3. The highest BCUT2D eigenvalue weighted by molar-refractivity contribution is 9.10. The summed E-state index contributed by atoms with van der Waals surface area (Å²) in [5, 5.41) is 2.86. The molecule has 5 nitrogen and oxygen atoms in total. The number of nitrogens with one attached hydrogen (secondary N) is 1. The van der Waals surface area contributed by atoms with Crippen LogP contribution in [0.4, 0.5) is 5.69 Å². The first-order valence-electron chi connectivity index (χ1n) is 10.9. The van der Waals surface area contributed by atoms with Crippen LogP contribution < -0.4 is 10.1 Å². The zero-order valence-corrected chi connectivity index (χ0v) is 22.4. The molecule has 0 atom stereocenters. The summed E-state index contributed by atoms with van der Waals surface area (Å²) >= 11 is 10.2. The number of hydrogen-bond acceptors (Lipinski definition) is 5. The molecule has 3 aromatic carbocycles. The van der Waals surface area contributed by atoms with Gasteiger partial charge in [0.1, 0.15) is 10.1 Å². The monoisotopic (exact) mass is 566 g/mol. The van der Waals surface area contributed by atoms with Crippen molar-refractivity contribution < 1.29 is 14.3 Å². The average Bonchev–Trinajstić information content (AvgIpc) is 3.10. The standard InChI is InChI=1S/C27H23BrN2O3S2/c1-17-12-22(28)23(13-18(17)2)29-25(31)16-33-21-10-8-19(9-11-21)14-24-26(32)30(27(34)35-24)15-20-6-4-3-5-7-20/h3-14H,15-16H2,1-2H3,(H,29,31)/b24-14-. The summed E-state index contributed by atoms with van der Waals surface area (Å²) in [6.07, 6.45) is 1.82. The summed E-state index contributed by atoms with van der Waals surface area (Å²) in [5.41, 5.74) is 4.82. The smallest absolute Gasteiger partial charge is 0.266 e. The molecule has 0 spiro atoms. The van der Waals surface area contributed by atoms with E-state index in [9.17, 15) is 9.59 Å². The van der Waals surface area contributed by atoms with E-state index in [4.69, 9.17) is 17.0 Å². The largest absolute Gasteiger partial charge is 0.484 e. The summed E-state index contributed by atoms with van der Waals surface area (Å²) in [7, 11) is 0. The molecular weight excluding hydrogens is 544 g/mol. The summed E-state index contributed by atoms with van der Waals surface area (Å²) in [6.45, 7) is 4.36. The van der Waals surface area contributed by atoms with Crippen LogP contribution in [0.3, 0.4) is 0 Å². The van der Waals surface area contributed by atoms with Gasteiger partial charge in [-0.05, 0) is 82.4 Å². The molecular formula is C27H23BrN2O3S2. The quantitative estimate of drug-likeness (QED) is 0.262. The van der Waals surface area contributed by atoms with E-state index in [1.54, 1.807) is 17.0 Å². The van der Waals surface area contributed by atoms with Crippen LogP contribution >= 0.6 is 39.9 Å². The molecule has 3 aromatic rings. The SMILES string of the molecule is Cc1cc(Br)c(NC(=O)COc2ccc(/C=C3\SC(=S)N(Cc4ccccc4)C3=O)cc2)cc1C. The first kappa shape index (κ1) is 25.2. The number of carbonyl (C=O) groups excluding carboxylic acids is 2. The second-order valence-electron chi connectivity index (χ2n) is 8.08. The van der Waals surface area contributed by atoms with Crippen LogP contribution in [0.1, 0.15) is 22.3 Å². The Balaban J connectivity index is 1.34. The number of aryl methyl sites for hydroxylation is 2. The van der Waals surface area contributed by atoms with E-state index in [-0.39, 0.29) is 18.4 Å². The van der Waals surface area contributed by atoms with Gasteiger partial charge in [-0.1, -0.05) is 66.4 Å². The molecule has 0 bridgehead atoms. The van der Waals surface area contributed by atoms with Crippen molar-refractivity contribution in [2.45, 2.75) is 20.4 Å². The van der Waals surface area contributed by atoms with Gasteiger partial charge in [0.15, 0.2) is 6.61 Å².